The molecule has 0 saturated heterocycles. The number of sulfonamides is 1. The van der Waals surface area contributed by atoms with E-state index >= 15 is 0 Å². The predicted molar refractivity (Wildman–Crippen MR) is 67.5 cm³/mol. The molecule has 2 N–H and O–H groups in total. The van der Waals surface area contributed by atoms with Crippen LogP contribution in [0.1, 0.15) is 18.3 Å². The Balaban J connectivity index is 2.14. The van der Waals surface area contributed by atoms with Crippen LogP contribution >= 0.6 is 0 Å². The van der Waals surface area contributed by atoms with Gasteiger partial charge in [0.2, 0.25) is 0 Å². The molecule has 0 aliphatic carbocycles. The number of nitrogens with zero attached hydrogens (tertiary/aromatic N) is 2. The van der Waals surface area contributed by atoms with Gasteiger partial charge in [0.25, 0.3) is 10.0 Å². The molecule has 0 aliphatic heterocycles. The van der Waals surface area contributed by atoms with E-state index in [1.165, 1.54) is 0 Å². The summed E-state index contributed by atoms with van der Waals surface area (Å²) < 4.78 is 28.3. The van der Waals surface area contributed by atoms with Crippen LogP contribution in [0.25, 0.3) is 0 Å². The predicted octanol–water partition coefficient (Wildman–Crippen LogP) is 1.02. The molecular formula is C11H16N4O2S. The molecule has 2 heterocycles. The Morgan fingerprint density at radius 2 is 2.28 bits per heavy atom. The Morgan fingerprint density at radius 1 is 1.50 bits per heavy atom. The highest BCUT2D eigenvalue weighted by atomic mass is 32.2. The van der Waals surface area contributed by atoms with Gasteiger partial charge in [0.05, 0.1) is 0 Å². The zero-order chi connectivity index (χ0) is 13.2. The van der Waals surface area contributed by atoms with E-state index in [9.17, 15) is 8.42 Å². The van der Waals surface area contributed by atoms with Gasteiger partial charge in [0.15, 0.2) is 5.03 Å². The molecule has 2 aromatic rings. The fraction of sp³-hybridized carbons (Fsp3) is 0.364. The number of aromatic amines is 1. The van der Waals surface area contributed by atoms with E-state index in [4.69, 9.17) is 0 Å². The third kappa shape index (κ3) is 2.62. The molecular weight excluding hydrogens is 252 g/mol. The molecule has 0 atom stereocenters. The van der Waals surface area contributed by atoms with E-state index in [0.29, 0.717) is 12.4 Å². The molecule has 0 spiro atoms. The zero-order valence-electron chi connectivity index (χ0n) is 10.3. The van der Waals surface area contributed by atoms with Crippen LogP contribution in [0, 0.1) is 6.92 Å². The maximum absolute atomic E-state index is 12.0. The highest BCUT2D eigenvalue weighted by Gasteiger charge is 2.18. The van der Waals surface area contributed by atoms with Crippen molar-refractivity contribution in [2.75, 3.05) is 0 Å². The summed E-state index contributed by atoms with van der Waals surface area (Å²) >= 11 is 0. The molecule has 0 saturated carbocycles. The normalized spacial score (nSPS) is 11.9. The van der Waals surface area contributed by atoms with E-state index < -0.39 is 10.0 Å². The summed E-state index contributed by atoms with van der Waals surface area (Å²) in [6, 6.07) is 1.82. The molecule has 98 valence electrons. The number of hydrogen-bond donors (Lipinski definition) is 2. The van der Waals surface area contributed by atoms with Gasteiger partial charge >= 0.3 is 0 Å². The summed E-state index contributed by atoms with van der Waals surface area (Å²) in [4.78, 5) is 6.93. The summed E-state index contributed by atoms with van der Waals surface area (Å²) in [7, 11) is -3.54. The van der Waals surface area contributed by atoms with Crippen LogP contribution < -0.4 is 4.72 Å². The number of H-pyrrole nitrogens is 1. The number of imidazole rings is 1. The smallest absolute Gasteiger partial charge is 0.259 e. The fourth-order valence-corrected chi connectivity index (χ4v) is 2.67. The fourth-order valence-electron chi connectivity index (χ4n) is 1.65. The molecule has 7 heteroatoms. The van der Waals surface area contributed by atoms with Gasteiger partial charge in [-0.2, -0.15) is 0 Å². The van der Waals surface area contributed by atoms with Crippen molar-refractivity contribution in [2.45, 2.75) is 32.0 Å². The van der Waals surface area contributed by atoms with Crippen molar-refractivity contribution in [1.29, 1.82) is 0 Å². The number of aryl methyl sites for hydroxylation is 2. The van der Waals surface area contributed by atoms with Crippen LogP contribution in [0.2, 0.25) is 0 Å². The minimum Gasteiger partial charge on any atom is -0.367 e. The highest BCUT2D eigenvalue weighted by molar-refractivity contribution is 7.89. The summed E-state index contributed by atoms with van der Waals surface area (Å²) in [5.74, 6) is 0.694. The lowest BCUT2D eigenvalue weighted by atomic mass is 10.4. The highest BCUT2D eigenvalue weighted by Crippen LogP contribution is 2.09. The van der Waals surface area contributed by atoms with E-state index in [1.807, 2.05) is 13.0 Å². The first kappa shape index (κ1) is 12.8. The molecule has 0 amide bonds. The molecule has 0 unspecified atom stereocenters. The third-order valence-corrected chi connectivity index (χ3v) is 3.97. The van der Waals surface area contributed by atoms with Crippen LogP contribution in [0.3, 0.4) is 0 Å². The summed E-state index contributed by atoms with van der Waals surface area (Å²) in [6.45, 7) is 4.68. The Labute approximate surface area is 106 Å². The molecule has 18 heavy (non-hydrogen) atoms. The number of aromatic nitrogens is 3. The molecule has 2 aromatic heterocycles. The van der Waals surface area contributed by atoms with E-state index in [-0.39, 0.29) is 11.6 Å². The van der Waals surface area contributed by atoms with Crippen LogP contribution in [0.5, 0.6) is 0 Å². The second-order valence-corrected chi connectivity index (χ2v) is 5.67. The largest absolute Gasteiger partial charge is 0.367 e. The Morgan fingerprint density at radius 3 is 2.83 bits per heavy atom. The van der Waals surface area contributed by atoms with Crippen molar-refractivity contribution in [3.63, 3.8) is 0 Å². The van der Waals surface area contributed by atoms with Crippen molar-refractivity contribution < 1.29 is 8.42 Å². The van der Waals surface area contributed by atoms with E-state index in [0.717, 1.165) is 5.56 Å². The molecule has 0 radical (unpaired) electrons. The van der Waals surface area contributed by atoms with Crippen molar-refractivity contribution >= 4 is 10.0 Å². The third-order valence-electron chi connectivity index (χ3n) is 2.70. The maximum atomic E-state index is 12.0. The number of rotatable bonds is 5. The van der Waals surface area contributed by atoms with Gasteiger partial charge in [-0.3, -0.25) is 0 Å². The van der Waals surface area contributed by atoms with Crippen LogP contribution in [0.4, 0.5) is 0 Å². The first-order valence-corrected chi connectivity index (χ1v) is 7.16. The maximum Gasteiger partial charge on any atom is 0.259 e. The van der Waals surface area contributed by atoms with Gasteiger partial charge in [-0.05, 0) is 25.5 Å². The van der Waals surface area contributed by atoms with E-state index in [1.54, 1.807) is 30.1 Å². The summed E-state index contributed by atoms with van der Waals surface area (Å²) in [5.41, 5.74) is 0.880. The van der Waals surface area contributed by atoms with Crippen molar-refractivity contribution in [1.82, 2.24) is 19.3 Å². The van der Waals surface area contributed by atoms with Crippen LogP contribution in [-0.2, 0) is 23.1 Å². The molecule has 0 aliphatic rings. The Kier molecular flexibility index (Phi) is 3.53. The minimum atomic E-state index is -3.54. The van der Waals surface area contributed by atoms with E-state index in [2.05, 4.69) is 14.7 Å². The molecule has 0 fully saturated rings. The van der Waals surface area contributed by atoms with Crippen molar-refractivity contribution in [3.8, 4) is 0 Å². The number of nitrogens with one attached hydrogen (secondary N) is 2. The topological polar surface area (TPSA) is 79.8 Å². The Bertz CT molecular complexity index is 614. The van der Waals surface area contributed by atoms with Crippen molar-refractivity contribution in [2.24, 2.45) is 0 Å². The second-order valence-electron chi connectivity index (χ2n) is 3.96. The van der Waals surface area contributed by atoms with Gasteiger partial charge in [-0.25, -0.2) is 18.1 Å². The van der Waals surface area contributed by atoms with Gasteiger partial charge in [-0.1, -0.05) is 0 Å². The second kappa shape index (κ2) is 4.95. The van der Waals surface area contributed by atoms with Crippen LogP contribution in [-0.4, -0.2) is 23.0 Å². The zero-order valence-corrected chi connectivity index (χ0v) is 11.2. The average molecular weight is 268 g/mol. The van der Waals surface area contributed by atoms with Gasteiger partial charge in [0.1, 0.15) is 5.82 Å². The Hall–Kier alpha value is -1.60. The summed E-state index contributed by atoms with van der Waals surface area (Å²) in [5, 5.41) is 0.0670. The monoisotopic (exact) mass is 268 g/mol. The lowest BCUT2D eigenvalue weighted by molar-refractivity contribution is 0.578. The lowest BCUT2D eigenvalue weighted by Crippen LogP contribution is -2.23. The number of hydrogen-bond acceptors (Lipinski definition) is 3. The molecule has 0 aromatic carbocycles. The SMILES string of the molecule is CCn1cc(S(=O)(=O)NCc2cc[nH]c2)nc1C. The minimum absolute atomic E-state index is 0.0670. The molecule has 6 nitrogen and oxygen atoms in total. The standard InChI is InChI=1S/C11H16N4O2S/c1-3-15-8-11(14-9(15)2)18(16,17)13-7-10-4-5-12-6-10/h4-6,8,12-13H,3,7H2,1-2H3. The lowest BCUT2D eigenvalue weighted by Gasteiger charge is -2.02. The molecule has 0 bridgehead atoms. The summed E-state index contributed by atoms with van der Waals surface area (Å²) in [6.07, 6.45) is 5.05. The first-order valence-electron chi connectivity index (χ1n) is 5.68. The van der Waals surface area contributed by atoms with Gasteiger partial charge in [0, 0.05) is 31.7 Å². The first-order chi connectivity index (χ1) is 8.53. The van der Waals surface area contributed by atoms with Gasteiger partial charge < -0.3 is 9.55 Å². The van der Waals surface area contributed by atoms with Gasteiger partial charge in [-0.15, -0.1) is 0 Å². The average Bonchev–Trinajstić information content (AvgIpc) is 2.95. The van der Waals surface area contributed by atoms with Crippen LogP contribution in [0.15, 0.2) is 29.7 Å². The quantitative estimate of drug-likeness (QED) is 0.849. The molecule has 2 rings (SSSR count). The van der Waals surface area contributed by atoms with Crippen molar-refractivity contribution in [3.05, 3.63) is 36.0 Å².